The Morgan fingerprint density at radius 3 is 2.07 bits per heavy atom. The van der Waals surface area contributed by atoms with E-state index >= 15 is 0 Å². The normalized spacial score (nSPS) is 15.1. The topological polar surface area (TPSA) is 6.48 Å². The van der Waals surface area contributed by atoms with Gasteiger partial charge >= 0.3 is 0 Å². The molecule has 0 heterocycles. The third-order valence-electron chi connectivity index (χ3n) is 2.37. The van der Waals surface area contributed by atoms with Gasteiger partial charge in [0, 0.05) is 12.7 Å². The van der Waals surface area contributed by atoms with Crippen LogP contribution in [-0.2, 0) is 0 Å². The number of hydrogen-bond acceptors (Lipinski definition) is 3. The molecular formula is C11H17IN2S. The fourth-order valence-corrected chi connectivity index (χ4v) is 2.45. The van der Waals surface area contributed by atoms with Gasteiger partial charge in [0.1, 0.15) is 0 Å². The molecule has 0 aliphatic rings. The molecule has 0 aromatic heterocycles. The van der Waals surface area contributed by atoms with Crippen molar-refractivity contribution in [1.29, 1.82) is 0 Å². The van der Waals surface area contributed by atoms with Crippen molar-refractivity contribution in [3.63, 3.8) is 0 Å². The number of alkyl halides is 1. The highest BCUT2D eigenvalue weighted by molar-refractivity contribution is 14.1. The van der Waals surface area contributed by atoms with Crippen LogP contribution in [0.15, 0.2) is 30.3 Å². The van der Waals surface area contributed by atoms with Crippen molar-refractivity contribution in [3.05, 3.63) is 30.3 Å². The van der Waals surface area contributed by atoms with Crippen LogP contribution in [0, 0.1) is 0 Å². The Balaban J connectivity index is 2.97. The van der Waals surface area contributed by atoms with E-state index in [1.807, 2.05) is 17.8 Å². The average Bonchev–Trinajstić information content (AvgIpc) is 2.28. The van der Waals surface area contributed by atoms with E-state index in [1.165, 1.54) is 5.69 Å². The lowest BCUT2D eigenvalue weighted by Gasteiger charge is -2.42. The first-order valence-corrected chi connectivity index (χ1v) is 7.03. The molecule has 0 spiro atoms. The van der Waals surface area contributed by atoms with Crippen LogP contribution in [0.25, 0.3) is 0 Å². The summed E-state index contributed by atoms with van der Waals surface area (Å²) in [5, 5.41) is 0. The Kier molecular flexibility index (Phi) is 4.73. The van der Waals surface area contributed by atoms with Gasteiger partial charge in [0.15, 0.2) is 3.00 Å². The number of hydrogen-bond donors (Lipinski definition) is 0. The first-order chi connectivity index (χ1) is 7.02. The van der Waals surface area contributed by atoms with Gasteiger partial charge in [-0.3, -0.25) is 4.90 Å². The van der Waals surface area contributed by atoms with Gasteiger partial charge in [0.25, 0.3) is 0 Å². The summed E-state index contributed by atoms with van der Waals surface area (Å²) >= 11 is 4.29. The van der Waals surface area contributed by atoms with E-state index in [9.17, 15) is 0 Å². The van der Waals surface area contributed by atoms with E-state index in [4.69, 9.17) is 0 Å². The van der Waals surface area contributed by atoms with Crippen LogP contribution in [0.5, 0.6) is 0 Å². The Bertz CT molecular complexity index is 305. The maximum atomic E-state index is 2.47. The first-order valence-electron chi connectivity index (χ1n) is 4.72. The van der Waals surface area contributed by atoms with E-state index in [-0.39, 0.29) is 3.00 Å². The second kappa shape index (κ2) is 5.41. The first kappa shape index (κ1) is 13.1. The average molecular weight is 336 g/mol. The number of nitrogens with zero attached hydrogens (tertiary/aromatic N) is 2. The third kappa shape index (κ3) is 2.79. The molecule has 1 unspecified atom stereocenters. The van der Waals surface area contributed by atoms with E-state index in [0.29, 0.717) is 0 Å². The minimum Gasteiger partial charge on any atom is -0.339 e. The second-order valence-electron chi connectivity index (χ2n) is 3.52. The third-order valence-corrected chi connectivity index (χ3v) is 6.54. The van der Waals surface area contributed by atoms with Gasteiger partial charge in [-0.05, 0) is 55.1 Å². The Labute approximate surface area is 110 Å². The molecule has 0 aliphatic carbocycles. The molecule has 1 atom stereocenters. The van der Waals surface area contributed by atoms with Crippen molar-refractivity contribution in [2.24, 2.45) is 0 Å². The summed E-state index contributed by atoms with van der Waals surface area (Å²) in [6.07, 6.45) is 2.13. The summed E-state index contributed by atoms with van der Waals surface area (Å²) in [5.74, 6) is 0. The summed E-state index contributed by atoms with van der Waals surface area (Å²) in [5.41, 5.74) is 1.23. The quantitative estimate of drug-likeness (QED) is 0.361. The van der Waals surface area contributed by atoms with Gasteiger partial charge in [-0.25, -0.2) is 0 Å². The molecule has 0 saturated carbocycles. The zero-order valence-corrected chi connectivity index (χ0v) is 12.5. The van der Waals surface area contributed by atoms with Crippen LogP contribution in [0.2, 0.25) is 0 Å². The number of benzene rings is 1. The molecule has 4 heteroatoms. The smallest absolute Gasteiger partial charge is 0.194 e. The molecule has 15 heavy (non-hydrogen) atoms. The molecule has 0 radical (unpaired) electrons. The molecule has 1 aromatic carbocycles. The van der Waals surface area contributed by atoms with E-state index in [0.717, 1.165) is 0 Å². The molecular weight excluding hydrogens is 319 g/mol. The Hall–Kier alpha value is 0.0600. The summed E-state index contributed by atoms with van der Waals surface area (Å²) < 4.78 is -0.0425. The molecule has 0 N–H and O–H groups in total. The lowest BCUT2D eigenvalue weighted by molar-refractivity contribution is 0.365. The fourth-order valence-electron chi connectivity index (χ4n) is 1.43. The predicted molar refractivity (Wildman–Crippen MR) is 78.8 cm³/mol. The van der Waals surface area contributed by atoms with Crippen LogP contribution >= 0.6 is 34.4 Å². The summed E-state index contributed by atoms with van der Waals surface area (Å²) in [6.45, 7) is 0. The maximum Gasteiger partial charge on any atom is 0.194 e. The number of anilines is 1. The van der Waals surface area contributed by atoms with Crippen LogP contribution < -0.4 is 4.90 Å². The molecule has 0 bridgehead atoms. The Morgan fingerprint density at radius 1 is 1.13 bits per heavy atom. The molecule has 0 saturated heterocycles. The van der Waals surface area contributed by atoms with Crippen LogP contribution in [0.3, 0.4) is 0 Å². The van der Waals surface area contributed by atoms with Gasteiger partial charge in [-0.15, -0.1) is 11.8 Å². The molecule has 0 fully saturated rings. The molecule has 0 aliphatic heterocycles. The zero-order chi connectivity index (χ0) is 11.5. The zero-order valence-electron chi connectivity index (χ0n) is 9.57. The van der Waals surface area contributed by atoms with Crippen LogP contribution in [0.4, 0.5) is 5.69 Å². The number of thioether (sulfide) groups is 1. The minimum atomic E-state index is -0.0425. The largest absolute Gasteiger partial charge is 0.339 e. The van der Waals surface area contributed by atoms with E-state index < -0.39 is 0 Å². The van der Waals surface area contributed by atoms with Crippen molar-refractivity contribution in [3.8, 4) is 0 Å². The van der Waals surface area contributed by atoms with Crippen molar-refractivity contribution in [2.75, 3.05) is 32.3 Å². The van der Waals surface area contributed by atoms with Crippen molar-refractivity contribution in [1.82, 2.24) is 4.90 Å². The lowest BCUT2D eigenvalue weighted by Crippen LogP contribution is -2.49. The maximum absolute atomic E-state index is 2.47. The number of para-hydroxylation sites is 1. The van der Waals surface area contributed by atoms with Gasteiger partial charge in [0.05, 0.1) is 0 Å². The van der Waals surface area contributed by atoms with E-state index in [1.54, 1.807) is 0 Å². The number of rotatable bonds is 4. The molecule has 84 valence electrons. The van der Waals surface area contributed by atoms with Crippen LogP contribution in [-0.4, -0.2) is 35.3 Å². The molecule has 1 rings (SSSR count). The van der Waals surface area contributed by atoms with Crippen molar-refractivity contribution in [2.45, 2.75) is 3.00 Å². The van der Waals surface area contributed by atoms with Gasteiger partial charge < -0.3 is 4.90 Å². The van der Waals surface area contributed by atoms with Crippen molar-refractivity contribution >= 4 is 40.0 Å². The summed E-state index contributed by atoms with van der Waals surface area (Å²) in [6, 6.07) is 10.4. The van der Waals surface area contributed by atoms with E-state index in [2.05, 4.69) is 84.1 Å². The molecule has 0 amide bonds. The minimum absolute atomic E-state index is 0.0425. The fraction of sp³-hybridized carbons (Fsp3) is 0.455. The predicted octanol–water partition coefficient (Wildman–Crippen LogP) is 3.09. The number of halogens is 1. The molecule has 1 aromatic rings. The summed E-state index contributed by atoms with van der Waals surface area (Å²) in [4.78, 5) is 4.49. The summed E-state index contributed by atoms with van der Waals surface area (Å²) in [7, 11) is 6.32. The monoisotopic (exact) mass is 336 g/mol. The highest BCUT2D eigenvalue weighted by atomic mass is 127. The molecule has 2 nitrogen and oxygen atoms in total. The lowest BCUT2D eigenvalue weighted by atomic mass is 10.3. The highest BCUT2D eigenvalue weighted by Gasteiger charge is 2.33. The highest BCUT2D eigenvalue weighted by Crippen LogP contribution is 2.38. The van der Waals surface area contributed by atoms with Gasteiger partial charge in [0.2, 0.25) is 0 Å². The standard InChI is InChI=1S/C11H17IN2S/c1-13(2)11(12,15-4)14(3)10-8-6-5-7-9-10/h5-9H,1-4H3. The van der Waals surface area contributed by atoms with Crippen LogP contribution in [0.1, 0.15) is 0 Å². The van der Waals surface area contributed by atoms with Gasteiger partial charge in [-0.1, -0.05) is 18.2 Å². The Morgan fingerprint density at radius 2 is 1.67 bits per heavy atom. The SMILES string of the molecule is CSC(I)(N(C)C)N(C)c1ccccc1. The van der Waals surface area contributed by atoms with Crippen molar-refractivity contribution < 1.29 is 0 Å². The second-order valence-corrected chi connectivity index (χ2v) is 6.74. The van der Waals surface area contributed by atoms with Gasteiger partial charge in [-0.2, -0.15) is 0 Å².